The van der Waals surface area contributed by atoms with E-state index in [1.807, 2.05) is 0 Å². The van der Waals surface area contributed by atoms with Gasteiger partial charge in [-0.2, -0.15) is 0 Å². The molecule has 9 heteroatoms. The van der Waals surface area contributed by atoms with Crippen molar-refractivity contribution in [1.29, 1.82) is 0 Å². The van der Waals surface area contributed by atoms with Crippen LogP contribution in [0.1, 0.15) is 30.3 Å². The lowest BCUT2D eigenvalue weighted by Gasteiger charge is -2.28. The fraction of sp³-hybridized carbons (Fsp3) is 0.636. The summed E-state index contributed by atoms with van der Waals surface area (Å²) in [5.74, 6) is -0.538. The van der Waals surface area contributed by atoms with E-state index in [2.05, 4.69) is 14.4 Å². The van der Waals surface area contributed by atoms with E-state index in [9.17, 15) is 13.2 Å². The quantitative estimate of drug-likeness (QED) is 0.731. The number of nitrogens with two attached hydrogens (primary N) is 1. The number of sulfonamides is 1. The first-order valence-corrected chi connectivity index (χ1v) is 8.46. The van der Waals surface area contributed by atoms with E-state index < -0.39 is 21.5 Å². The van der Waals surface area contributed by atoms with Crippen molar-refractivity contribution in [2.75, 3.05) is 13.7 Å². The Kier molecular flexibility index (Phi) is 4.14. The molecule has 20 heavy (non-hydrogen) atoms. The fourth-order valence-corrected chi connectivity index (χ4v) is 4.63. The number of thiazole rings is 1. The molecule has 1 atom stereocenters. The van der Waals surface area contributed by atoms with Crippen molar-refractivity contribution in [2.24, 2.45) is 11.7 Å². The number of nitrogens with zero attached hydrogens (tertiary/aromatic N) is 1. The van der Waals surface area contributed by atoms with Crippen molar-refractivity contribution in [2.45, 2.75) is 29.5 Å². The summed E-state index contributed by atoms with van der Waals surface area (Å²) in [4.78, 5) is 15.3. The Morgan fingerprint density at radius 1 is 1.65 bits per heavy atom. The molecule has 1 unspecified atom stereocenters. The van der Waals surface area contributed by atoms with E-state index in [0.29, 0.717) is 0 Å². The maximum Gasteiger partial charge on any atom is 0.358 e. The van der Waals surface area contributed by atoms with Crippen molar-refractivity contribution < 1.29 is 17.9 Å². The Hall–Kier alpha value is -1.03. The SMILES string of the molecule is COC(=O)c1ncsc1S(=O)(=O)NC(C)(CN)C1CC1. The van der Waals surface area contributed by atoms with E-state index >= 15 is 0 Å². The van der Waals surface area contributed by atoms with E-state index in [1.54, 1.807) is 6.92 Å². The number of hydrogen-bond acceptors (Lipinski definition) is 7. The third-order valence-corrected chi connectivity index (χ3v) is 6.41. The minimum Gasteiger partial charge on any atom is -0.464 e. The van der Waals surface area contributed by atoms with Crippen LogP contribution in [-0.4, -0.2) is 38.6 Å². The van der Waals surface area contributed by atoms with Crippen LogP contribution in [0.4, 0.5) is 0 Å². The van der Waals surface area contributed by atoms with Crippen LogP contribution in [0.5, 0.6) is 0 Å². The van der Waals surface area contributed by atoms with E-state index in [1.165, 1.54) is 12.6 Å². The Balaban J connectivity index is 2.31. The molecule has 0 saturated heterocycles. The molecule has 0 bridgehead atoms. The van der Waals surface area contributed by atoms with Crippen LogP contribution >= 0.6 is 11.3 Å². The van der Waals surface area contributed by atoms with Crippen LogP contribution in [0.25, 0.3) is 0 Å². The van der Waals surface area contributed by atoms with Crippen LogP contribution in [0.15, 0.2) is 9.72 Å². The molecule has 0 spiro atoms. The van der Waals surface area contributed by atoms with Gasteiger partial charge in [-0.05, 0) is 25.7 Å². The maximum absolute atomic E-state index is 12.4. The van der Waals surface area contributed by atoms with Crippen LogP contribution in [-0.2, 0) is 14.8 Å². The van der Waals surface area contributed by atoms with Gasteiger partial charge < -0.3 is 10.5 Å². The zero-order chi connectivity index (χ0) is 15.0. The molecular weight excluding hydrogens is 302 g/mol. The molecular formula is C11H17N3O4S2. The fourth-order valence-electron chi connectivity index (χ4n) is 2.02. The van der Waals surface area contributed by atoms with Gasteiger partial charge in [-0.25, -0.2) is 22.9 Å². The summed E-state index contributed by atoms with van der Waals surface area (Å²) >= 11 is 0.880. The minimum atomic E-state index is -3.85. The van der Waals surface area contributed by atoms with Crippen LogP contribution in [0, 0.1) is 5.92 Å². The van der Waals surface area contributed by atoms with Crippen molar-refractivity contribution in [3.63, 3.8) is 0 Å². The number of esters is 1. The molecule has 2 rings (SSSR count). The van der Waals surface area contributed by atoms with Gasteiger partial charge in [-0.15, -0.1) is 11.3 Å². The number of methoxy groups -OCH3 is 1. The summed E-state index contributed by atoms with van der Waals surface area (Å²) in [7, 11) is -2.67. The van der Waals surface area contributed by atoms with Gasteiger partial charge in [0.2, 0.25) is 0 Å². The molecule has 112 valence electrons. The van der Waals surface area contributed by atoms with Gasteiger partial charge in [0.25, 0.3) is 10.0 Å². The third kappa shape index (κ3) is 2.85. The summed E-state index contributed by atoms with van der Waals surface area (Å²) in [5, 5.41) is 0. The second-order valence-corrected chi connectivity index (χ2v) is 7.71. The summed E-state index contributed by atoms with van der Waals surface area (Å²) in [6.07, 6.45) is 1.89. The smallest absolute Gasteiger partial charge is 0.358 e. The molecule has 1 aliphatic carbocycles. The number of rotatable bonds is 6. The van der Waals surface area contributed by atoms with Gasteiger partial charge in [-0.3, -0.25) is 0 Å². The van der Waals surface area contributed by atoms with Gasteiger partial charge in [0, 0.05) is 12.1 Å². The highest BCUT2D eigenvalue weighted by molar-refractivity contribution is 7.91. The Morgan fingerprint density at radius 2 is 2.30 bits per heavy atom. The lowest BCUT2D eigenvalue weighted by molar-refractivity contribution is 0.0590. The molecule has 1 aromatic rings. The molecule has 3 N–H and O–H groups in total. The summed E-state index contributed by atoms with van der Waals surface area (Å²) in [6, 6.07) is 0. The molecule has 1 aliphatic rings. The summed E-state index contributed by atoms with van der Waals surface area (Å²) in [5.41, 5.74) is 6.11. The highest BCUT2D eigenvalue weighted by Crippen LogP contribution is 2.40. The molecule has 1 saturated carbocycles. The van der Waals surface area contributed by atoms with Gasteiger partial charge in [-0.1, -0.05) is 0 Å². The number of carbonyl (C=O) groups is 1. The Labute approximate surface area is 121 Å². The predicted octanol–water partition coefficient (Wildman–Crippen LogP) is 0.335. The molecule has 0 radical (unpaired) electrons. The van der Waals surface area contributed by atoms with E-state index in [0.717, 1.165) is 24.2 Å². The standard InChI is InChI=1S/C11H17N3O4S2/c1-11(5-12,7-3-4-7)14-20(16,17)10-8(9(15)18-2)13-6-19-10/h6-7,14H,3-5,12H2,1-2H3. The normalized spacial score (nSPS) is 18.6. The topological polar surface area (TPSA) is 111 Å². The second-order valence-electron chi connectivity index (χ2n) is 4.98. The van der Waals surface area contributed by atoms with Crippen molar-refractivity contribution in [3.8, 4) is 0 Å². The third-order valence-electron chi connectivity index (χ3n) is 3.43. The summed E-state index contributed by atoms with van der Waals surface area (Å²) in [6.45, 7) is 1.98. The predicted molar refractivity (Wildman–Crippen MR) is 74.0 cm³/mol. The van der Waals surface area contributed by atoms with Crippen LogP contribution in [0.2, 0.25) is 0 Å². The first kappa shape index (κ1) is 15.4. The van der Waals surface area contributed by atoms with Crippen molar-refractivity contribution in [3.05, 3.63) is 11.2 Å². The van der Waals surface area contributed by atoms with Gasteiger partial charge in [0.1, 0.15) is 0 Å². The Morgan fingerprint density at radius 3 is 2.80 bits per heavy atom. The average Bonchev–Trinajstić information content (AvgIpc) is 3.14. The number of hydrogen-bond donors (Lipinski definition) is 2. The molecule has 0 amide bonds. The van der Waals surface area contributed by atoms with Gasteiger partial charge in [0.15, 0.2) is 9.90 Å². The first-order valence-electron chi connectivity index (χ1n) is 6.10. The van der Waals surface area contributed by atoms with Crippen LogP contribution in [0.3, 0.4) is 0 Å². The minimum absolute atomic E-state index is 0.135. The van der Waals surface area contributed by atoms with Crippen molar-refractivity contribution >= 4 is 27.3 Å². The van der Waals surface area contributed by atoms with Crippen molar-refractivity contribution in [1.82, 2.24) is 9.71 Å². The zero-order valence-electron chi connectivity index (χ0n) is 11.3. The Bertz CT molecular complexity index is 609. The monoisotopic (exact) mass is 319 g/mol. The average molecular weight is 319 g/mol. The van der Waals surface area contributed by atoms with E-state index in [-0.39, 0.29) is 22.4 Å². The number of ether oxygens (including phenoxy) is 1. The highest BCUT2D eigenvalue weighted by Gasteiger charge is 2.44. The molecule has 1 fully saturated rings. The number of aromatic nitrogens is 1. The highest BCUT2D eigenvalue weighted by atomic mass is 32.2. The maximum atomic E-state index is 12.4. The number of nitrogens with one attached hydrogen (secondary N) is 1. The molecule has 1 heterocycles. The second kappa shape index (κ2) is 5.40. The zero-order valence-corrected chi connectivity index (χ0v) is 12.9. The van der Waals surface area contributed by atoms with Gasteiger partial charge in [0.05, 0.1) is 12.6 Å². The van der Waals surface area contributed by atoms with E-state index in [4.69, 9.17) is 5.73 Å². The summed E-state index contributed by atoms with van der Waals surface area (Å²) < 4.78 is 31.9. The molecule has 0 aliphatic heterocycles. The van der Waals surface area contributed by atoms with Gasteiger partial charge >= 0.3 is 5.97 Å². The molecule has 1 aromatic heterocycles. The van der Waals surface area contributed by atoms with Crippen LogP contribution < -0.4 is 10.5 Å². The lowest BCUT2D eigenvalue weighted by atomic mass is 9.98. The molecule has 0 aromatic carbocycles. The number of carbonyl (C=O) groups excluding carboxylic acids is 1. The largest absolute Gasteiger partial charge is 0.464 e. The lowest BCUT2D eigenvalue weighted by Crippen LogP contribution is -2.53. The molecule has 7 nitrogen and oxygen atoms in total. The first-order chi connectivity index (χ1) is 9.34.